The lowest BCUT2D eigenvalue weighted by molar-refractivity contribution is 0.594. The van der Waals surface area contributed by atoms with Gasteiger partial charge < -0.3 is 0 Å². The van der Waals surface area contributed by atoms with Gasteiger partial charge in [-0.3, -0.25) is 0 Å². The van der Waals surface area contributed by atoms with Gasteiger partial charge in [0, 0.05) is 11.1 Å². The van der Waals surface area contributed by atoms with Gasteiger partial charge in [0.25, 0.3) is 0 Å². The van der Waals surface area contributed by atoms with E-state index >= 15 is 0 Å². The third kappa shape index (κ3) is 5.50. The number of nitrogens with zero attached hydrogens (tertiary/aromatic N) is 4. The minimum atomic E-state index is -0.949. The summed E-state index contributed by atoms with van der Waals surface area (Å²) >= 11 is 0. The molecule has 0 aliphatic heterocycles. The van der Waals surface area contributed by atoms with Gasteiger partial charge in [0.15, 0.2) is 0 Å². The summed E-state index contributed by atoms with van der Waals surface area (Å²) in [5.74, 6) is 6.54. The highest BCUT2D eigenvalue weighted by molar-refractivity contribution is 5.58. The Kier molecular flexibility index (Phi) is 7.70. The summed E-state index contributed by atoms with van der Waals surface area (Å²) in [6, 6.07) is 11.4. The Bertz CT molecular complexity index is 1570. The average Bonchev–Trinajstić information content (AvgIpc) is 2.86. The third-order valence-electron chi connectivity index (χ3n) is 4.87. The van der Waals surface area contributed by atoms with E-state index in [1.165, 1.54) is 18.2 Å². The number of hydrogen-bond acceptors (Lipinski definition) is 3. The maximum atomic E-state index is 14.2. The van der Waals surface area contributed by atoms with Gasteiger partial charge in [-0.2, -0.15) is 15.8 Å². The Hall–Kier alpha value is -5.54. The van der Waals surface area contributed by atoms with Gasteiger partial charge in [-0.15, -0.1) is 0 Å². The zero-order chi connectivity index (χ0) is 26.2. The zero-order valence-corrected chi connectivity index (χ0v) is 18.2. The monoisotopic (exact) mass is 478 g/mol. The van der Waals surface area contributed by atoms with Crippen LogP contribution in [0, 0.1) is 87.5 Å². The molecule has 0 fully saturated rings. The van der Waals surface area contributed by atoms with Crippen molar-refractivity contribution in [1.82, 2.24) is 0 Å². The number of nitriles is 3. The molecule has 4 nitrogen and oxygen atoms in total. The van der Waals surface area contributed by atoms with Crippen LogP contribution >= 0.6 is 0 Å². The lowest BCUT2D eigenvalue weighted by Gasteiger charge is -2.07. The highest BCUT2D eigenvalue weighted by Crippen LogP contribution is 2.23. The second kappa shape index (κ2) is 11.1. The molecule has 0 aromatic heterocycles. The Morgan fingerprint density at radius 1 is 0.583 bits per heavy atom. The fourth-order valence-corrected chi connectivity index (χ4v) is 3.11. The quantitative estimate of drug-likeness (QED) is 0.274. The van der Waals surface area contributed by atoms with E-state index in [1.807, 2.05) is 12.1 Å². The topological polar surface area (TPSA) is 75.7 Å². The normalized spacial score (nSPS) is 9.33. The molecule has 0 radical (unpaired) electrons. The summed E-state index contributed by atoms with van der Waals surface area (Å²) in [5, 5.41) is 27.2. The summed E-state index contributed by atoms with van der Waals surface area (Å²) < 4.78 is 56.3. The maximum Gasteiger partial charge on any atom is 0.225 e. The van der Waals surface area contributed by atoms with Crippen molar-refractivity contribution in [2.45, 2.75) is 12.8 Å². The first-order chi connectivity index (χ1) is 17.3. The van der Waals surface area contributed by atoms with Gasteiger partial charge in [0.2, 0.25) is 5.69 Å². The van der Waals surface area contributed by atoms with Gasteiger partial charge in [0.1, 0.15) is 29.3 Å². The van der Waals surface area contributed by atoms with E-state index in [1.54, 1.807) is 0 Å². The summed E-state index contributed by atoms with van der Waals surface area (Å²) in [6.07, 6.45) is -0.225. The fraction of sp³-hybridized carbons (Fsp3) is 0.0714. The standard InChI is InChI=1S/C28H10F4N4/c1-36-28-15-26(31)22(13-27(28)32)5-3-18-10-17(19(6-8-33)11-20(18)7-9-34)2-4-21-12-25(30)23(16-35)14-24(21)29/h10-15H,6-7H2. The maximum absolute atomic E-state index is 14.2. The van der Waals surface area contributed by atoms with Crippen LogP contribution in [-0.4, -0.2) is 0 Å². The number of halogens is 4. The van der Waals surface area contributed by atoms with Gasteiger partial charge in [0.05, 0.1) is 48.2 Å². The van der Waals surface area contributed by atoms with Crippen LogP contribution in [0.1, 0.15) is 38.9 Å². The largest absolute Gasteiger partial charge is 0.235 e. The Balaban J connectivity index is 2.16. The van der Waals surface area contributed by atoms with Crippen molar-refractivity contribution < 1.29 is 17.6 Å². The minimum Gasteiger partial charge on any atom is -0.235 e. The summed E-state index contributed by atoms with van der Waals surface area (Å²) in [7, 11) is 0. The predicted octanol–water partition coefficient (Wildman–Crippen LogP) is 5.60. The SMILES string of the molecule is [C-]#[N+]c1cc(F)c(C#Cc2cc(C#Cc3cc(F)c(C#N)cc3F)c(CC#N)cc2CC#N)cc1F. The zero-order valence-electron chi connectivity index (χ0n) is 18.2. The summed E-state index contributed by atoms with van der Waals surface area (Å²) in [5.41, 5.74) is -0.357. The molecular formula is C28H10F4N4. The summed E-state index contributed by atoms with van der Waals surface area (Å²) in [6.45, 7) is 6.84. The van der Waals surface area contributed by atoms with Crippen molar-refractivity contribution >= 4 is 5.69 Å². The highest BCUT2D eigenvalue weighted by Gasteiger charge is 2.11. The van der Waals surface area contributed by atoms with Crippen molar-refractivity contribution in [2.75, 3.05) is 0 Å². The number of benzene rings is 3. The van der Waals surface area contributed by atoms with Crippen LogP contribution in [0.2, 0.25) is 0 Å². The van der Waals surface area contributed by atoms with Crippen LogP contribution in [0.25, 0.3) is 4.85 Å². The van der Waals surface area contributed by atoms with Gasteiger partial charge in [-0.05, 0) is 41.5 Å². The van der Waals surface area contributed by atoms with Crippen molar-refractivity contribution in [3.63, 3.8) is 0 Å². The smallest absolute Gasteiger partial charge is 0.225 e. The van der Waals surface area contributed by atoms with Crippen LogP contribution < -0.4 is 0 Å². The van der Waals surface area contributed by atoms with Crippen LogP contribution in [0.4, 0.5) is 23.2 Å². The van der Waals surface area contributed by atoms with Gasteiger partial charge in [-0.1, -0.05) is 29.7 Å². The highest BCUT2D eigenvalue weighted by atomic mass is 19.1. The molecule has 3 aromatic carbocycles. The van der Waals surface area contributed by atoms with E-state index in [9.17, 15) is 28.1 Å². The van der Waals surface area contributed by atoms with Crippen molar-refractivity contribution in [3.8, 4) is 41.9 Å². The minimum absolute atomic E-state index is 0.112. The molecular weight excluding hydrogens is 468 g/mol. The van der Waals surface area contributed by atoms with Crippen LogP contribution in [-0.2, 0) is 12.8 Å². The second-order valence-electron chi connectivity index (χ2n) is 7.16. The fourth-order valence-electron chi connectivity index (χ4n) is 3.11. The molecule has 0 amide bonds. The third-order valence-corrected chi connectivity index (χ3v) is 4.87. The molecule has 0 heterocycles. The van der Waals surface area contributed by atoms with Crippen molar-refractivity contribution in [1.29, 1.82) is 15.8 Å². The second-order valence-corrected chi connectivity index (χ2v) is 7.16. The van der Waals surface area contributed by atoms with Gasteiger partial charge >= 0.3 is 0 Å². The van der Waals surface area contributed by atoms with E-state index in [4.69, 9.17) is 11.8 Å². The first kappa shape index (κ1) is 25.1. The van der Waals surface area contributed by atoms with Crippen molar-refractivity contribution in [2.24, 2.45) is 0 Å². The van der Waals surface area contributed by atoms with Crippen molar-refractivity contribution in [3.05, 3.63) is 110 Å². The summed E-state index contributed by atoms with van der Waals surface area (Å²) in [4.78, 5) is 2.88. The Morgan fingerprint density at radius 3 is 1.53 bits per heavy atom. The molecule has 0 aliphatic rings. The first-order valence-electron chi connectivity index (χ1n) is 10.0. The molecule has 0 saturated heterocycles. The van der Waals surface area contributed by atoms with Crippen LogP contribution in [0.3, 0.4) is 0 Å². The van der Waals surface area contributed by atoms with Gasteiger partial charge in [-0.25, -0.2) is 22.4 Å². The molecule has 0 aliphatic carbocycles. The van der Waals surface area contributed by atoms with Crippen LogP contribution in [0.5, 0.6) is 0 Å². The molecule has 3 rings (SSSR count). The molecule has 0 spiro atoms. The molecule has 8 heteroatoms. The first-order valence-corrected chi connectivity index (χ1v) is 10.0. The molecule has 3 aromatic rings. The molecule has 36 heavy (non-hydrogen) atoms. The van der Waals surface area contributed by atoms with E-state index < -0.39 is 34.5 Å². The van der Waals surface area contributed by atoms with E-state index in [-0.39, 0.29) is 35.1 Å². The number of rotatable bonds is 2. The molecule has 0 saturated carbocycles. The molecule has 0 unspecified atom stereocenters. The molecule has 0 bridgehead atoms. The lowest BCUT2D eigenvalue weighted by Crippen LogP contribution is -1.98. The molecule has 0 N–H and O–H groups in total. The lowest BCUT2D eigenvalue weighted by atomic mass is 9.95. The Morgan fingerprint density at radius 2 is 1.03 bits per heavy atom. The Labute approximate surface area is 204 Å². The predicted molar refractivity (Wildman–Crippen MR) is 121 cm³/mol. The molecule has 0 atom stereocenters. The average molecular weight is 478 g/mol. The molecule has 170 valence electrons. The number of hydrogen-bond donors (Lipinski definition) is 0. The van der Waals surface area contributed by atoms with E-state index in [2.05, 4.69) is 28.5 Å². The van der Waals surface area contributed by atoms with E-state index in [0.29, 0.717) is 11.1 Å². The van der Waals surface area contributed by atoms with Crippen LogP contribution in [0.15, 0.2) is 36.4 Å². The van der Waals surface area contributed by atoms with E-state index in [0.717, 1.165) is 24.3 Å².